The van der Waals surface area contributed by atoms with Gasteiger partial charge in [-0.15, -0.1) is 11.3 Å². The quantitative estimate of drug-likeness (QED) is 0.876. The van der Waals surface area contributed by atoms with Gasteiger partial charge in [0.25, 0.3) is 0 Å². The molecule has 0 radical (unpaired) electrons. The molecule has 1 aromatic carbocycles. The van der Waals surface area contributed by atoms with Gasteiger partial charge < -0.3 is 5.32 Å². The van der Waals surface area contributed by atoms with Gasteiger partial charge in [-0.05, 0) is 38.7 Å². The highest BCUT2D eigenvalue weighted by molar-refractivity contribution is 7.12. The van der Waals surface area contributed by atoms with E-state index in [4.69, 9.17) is 0 Å². The van der Waals surface area contributed by atoms with Crippen molar-refractivity contribution in [1.29, 1.82) is 0 Å². The van der Waals surface area contributed by atoms with Gasteiger partial charge in [0.05, 0.1) is 0 Å². The van der Waals surface area contributed by atoms with E-state index >= 15 is 0 Å². The van der Waals surface area contributed by atoms with Gasteiger partial charge in [0, 0.05) is 35.0 Å². The first kappa shape index (κ1) is 15.2. The van der Waals surface area contributed by atoms with E-state index in [0.717, 1.165) is 18.7 Å². The molecule has 20 heavy (non-hydrogen) atoms. The standard InChI is InChI=1S/C16H21FN2S/c1-12-14(8-15(20-12)9-18-2)11-19(3)10-13-6-4-5-7-16(13)17/h4-8,18H,9-11H2,1-3H3. The number of nitrogens with one attached hydrogen (secondary N) is 1. The first-order valence-electron chi connectivity index (χ1n) is 6.75. The molecule has 0 aliphatic rings. The fourth-order valence-corrected chi connectivity index (χ4v) is 3.34. The lowest BCUT2D eigenvalue weighted by molar-refractivity contribution is 0.313. The van der Waals surface area contributed by atoms with Crippen LogP contribution in [0, 0.1) is 12.7 Å². The van der Waals surface area contributed by atoms with Gasteiger partial charge >= 0.3 is 0 Å². The number of benzene rings is 1. The van der Waals surface area contributed by atoms with Crippen LogP contribution in [0.2, 0.25) is 0 Å². The molecule has 4 heteroatoms. The summed E-state index contributed by atoms with van der Waals surface area (Å²) in [4.78, 5) is 4.84. The molecule has 0 fully saturated rings. The van der Waals surface area contributed by atoms with Crippen molar-refractivity contribution in [2.45, 2.75) is 26.6 Å². The molecule has 0 saturated heterocycles. The van der Waals surface area contributed by atoms with E-state index in [1.807, 2.05) is 37.6 Å². The number of rotatable bonds is 6. The maximum atomic E-state index is 13.6. The van der Waals surface area contributed by atoms with Crippen LogP contribution in [0.25, 0.3) is 0 Å². The molecule has 0 bridgehead atoms. The topological polar surface area (TPSA) is 15.3 Å². The van der Waals surface area contributed by atoms with Gasteiger partial charge in [0.1, 0.15) is 5.82 Å². The molecular formula is C16H21FN2S. The number of halogens is 1. The van der Waals surface area contributed by atoms with Crippen LogP contribution in [0.15, 0.2) is 30.3 Å². The van der Waals surface area contributed by atoms with Gasteiger partial charge in [-0.1, -0.05) is 18.2 Å². The Hall–Kier alpha value is -1.23. The minimum atomic E-state index is -0.128. The normalized spacial score (nSPS) is 11.2. The lowest BCUT2D eigenvalue weighted by atomic mass is 10.2. The van der Waals surface area contributed by atoms with Crippen molar-refractivity contribution in [3.05, 3.63) is 57.0 Å². The predicted octanol–water partition coefficient (Wildman–Crippen LogP) is 3.55. The van der Waals surface area contributed by atoms with Gasteiger partial charge in [0.15, 0.2) is 0 Å². The fraction of sp³-hybridized carbons (Fsp3) is 0.375. The predicted molar refractivity (Wildman–Crippen MR) is 83.4 cm³/mol. The maximum absolute atomic E-state index is 13.6. The summed E-state index contributed by atoms with van der Waals surface area (Å²) in [6.45, 7) is 4.53. The highest BCUT2D eigenvalue weighted by atomic mass is 32.1. The summed E-state index contributed by atoms with van der Waals surface area (Å²) in [6, 6.07) is 9.22. The van der Waals surface area contributed by atoms with Crippen molar-refractivity contribution in [2.75, 3.05) is 14.1 Å². The summed E-state index contributed by atoms with van der Waals surface area (Å²) >= 11 is 1.83. The smallest absolute Gasteiger partial charge is 0.127 e. The number of thiophene rings is 1. The summed E-state index contributed by atoms with van der Waals surface area (Å²) in [6.07, 6.45) is 0. The highest BCUT2D eigenvalue weighted by Crippen LogP contribution is 2.23. The SMILES string of the molecule is CNCc1cc(CN(C)Cc2ccccc2F)c(C)s1. The van der Waals surface area contributed by atoms with Crippen molar-refractivity contribution < 1.29 is 4.39 Å². The second kappa shape index (κ2) is 6.97. The van der Waals surface area contributed by atoms with Crippen LogP contribution in [0.5, 0.6) is 0 Å². The summed E-state index contributed by atoms with van der Waals surface area (Å²) < 4.78 is 13.6. The van der Waals surface area contributed by atoms with E-state index in [1.165, 1.54) is 21.4 Å². The van der Waals surface area contributed by atoms with Crippen LogP contribution in [0.3, 0.4) is 0 Å². The third-order valence-electron chi connectivity index (χ3n) is 3.26. The van der Waals surface area contributed by atoms with Crippen LogP contribution >= 0.6 is 11.3 Å². The Bertz CT molecular complexity index is 565. The molecule has 2 nitrogen and oxygen atoms in total. The summed E-state index contributed by atoms with van der Waals surface area (Å²) in [7, 11) is 3.99. The Morgan fingerprint density at radius 2 is 1.90 bits per heavy atom. The highest BCUT2D eigenvalue weighted by Gasteiger charge is 2.10. The third-order valence-corrected chi connectivity index (χ3v) is 4.35. The number of nitrogens with zero attached hydrogens (tertiary/aromatic N) is 1. The Labute approximate surface area is 124 Å². The van der Waals surface area contributed by atoms with E-state index in [-0.39, 0.29) is 5.82 Å². The molecule has 0 atom stereocenters. The molecule has 0 spiro atoms. The van der Waals surface area contributed by atoms with E-state index < -0.39 is 0 Å². The van der Waals surface area contributed by atoms with Crippen LogP contribution in [0.1, 0.15) is 20.9 Å². The number of hydrogen-bond donors (Lipinski definition) is 1. The molecule has 108 valence electrons. The maximum Gasteiger partial charge on any atom is 0.127 e. The second-order valence-electron chi connectivity index (χ2n) is 5.09. The van der Waals surface area contributed by atoms with E-state index in [1.54, 1.807) is 6.07 Å². The molecule has 0 saturated carbocycles. The van der Waals surface area contributed by atoms with Crippen LogP contribution in [-0.2, 0) is 19.6 Å². The van der Waals surface area contributed by atoms with Crippen LogP contribution < -0.4 is 5.32 Å². The van der Waals surface area contributed by atoms with Crippen molar-refractivity contribution >= 4 is 11.3 Å². The molecule has 0 aliphatic carbocycles. The van der Waals surface area contributed by atoms with Gasteiger partial charge in [-0.2, -0.15) is 0 Å². The van der Waals surface area contributed by atoms with Gasteiger partial charge in [0.2, 0.25) is 0 Å². The first-order valence-corrected chi connectivity index (χ1v) is 7.56. The largest absolute Gasteiger partial charge is 0.315 e. The van der Waals surface area contributed by atoms with E-state index in [0.29, 0.717) is 6.54 Å². The van der Waals surface area contributed by atoms with Crippen molar-refractivity contribution in [2.24, 2.45) is 0 Å². The van der Waals surface area contributed by atoms with Crippen LogP contribution in [0.4, 0.5) is 4.39 Å². The van der Waals surface area contributed by atoms with E-state index in [9.17, 15) is 4.39 Å². The molecule has 0 aliphatic heterocycles. The monoisotopic (exact) mass is 292 g/mol. The minimum absolute atomic E-state index is 0.128. The summed E-state index contributed by atoms with van der Waals surface area (Å²) in [5, 5.41) is 3.17. The average molecular weight is 292 g/mol. The zero-order valence-electron chi connectivity index (χ0n) is 12.2. The van der Waals surface area contributed by atoms with Gasteiger partial charge in [-0.25, -0.2) is 4.39 Å². The lowest BCUT2D eigenvalue weighted by Gasteiger charge is -2.17. The molecule has 2 rings (SSSR count). The molecule has 2 aromatic rings. The van der Waals surface area contributed by atoms with E-state index in [2.05, 4.69) is 23.2 Å². The Balaban J connectivity index is 2.01. The zero-order chi connectivity index (χ0) is 14.5. The summed E-state index contributed by atoms with van der Waals surface area (Å²) in [5.74, 6) is -0.128. The number of hydrogen-bond acceptors (Lipinski definition) is 3. The zero-order valence-corrected chi connectivity index (χ0v) is 13.1. The lowest BCUT2D eigenvalue weighted by Crippen LogP contribution is -2.18. The third kappa shape index (κ3) is 3.88. The molecular weight excluding hydrogens is 271 g/mol. The molecule has 1 N–H and O–H groups in total. The fourth-order valence-electron chi connectivity index (χ4n) is 2.27. The molecule has 1 heterocycles. The average Bonchev–Trinajstić information content (AvgIpc) is 2.73. The Kier molecular flexibility index (Phi) is 5.29. The first-order chi connectivity index (χ1) is 9.60. The molecule has 1 aromatic heterocycles. The van der Waals surface area contributed by atoms with Crippen molar-refractivity contribution in [3.8, 4) is 0 Å². The minimum Gasteiger partial charge on any atom is -0.315 e. The molecule has 0 amide bonds. The van der Waals surface area contributed by atoms with Crippen molar-refractivity contribution in [1.82, 2.24) is 10.2 Å². The van der Waals surface area contributed by atoms with Crippen LogP contribution in [-0.4, -0.2) is 19.0 Å². The van der Waals surface area contributed by atoms with Gasteiger partial charge in [-0.3, -0.25) is 4.90 Å². The Morgan fingerprint density at radius 1 is 1.20 bits per heavy atom. The van der Waals surface area contributed by atoms with Crippen molar-refractivity contribution in [3.63, 3.8) is 0 Å². The Morgan fingerprint density at radius 3 is 2.60 bits per heavy atom. The summed E-state index contributed by atoms with van der Waals surface area (Å²) in [5.41, 5.74) is 2.08. The second-order valence-corrected chi connectivity index (χ2v) is 6.43. The number of aryl methyl sites for hydroxylation is 1. The molecule has 0 unspecified atom stereocenters.